The third-order valence-corrected chi connectivity index (χ3v) is 3.47. The quantitative estimate of drug-likeness (QED) is 0.718. The molecule has 21 heavy (non-hydrogen) atoms. The standard InChI is InChI=1S/C17H15BO3/c19-18(20)16-10-4-2-7-14(16)12-21-17-11-5-8-13-6-1-3-9-15(13)17/h1-11,19-20H,12H2. The van der Waals surface area contributed by atoms with E-state index in [0.717, 1.165) is 22.1 Å². The highest BCUT2D eigenvalue weighted by molar-refractivity contribution is 6.59. The van der Waals surface area contributed by atoms with E-state index < -0.39 is 7.12 Å². The average Bonchev–Trinajstić information content (AvgIpc) is 2.53. The highest BCUT2D eigenvalue weighted by Gasteiger charge is 2.15. The van der Waals surface area contributed by atoms with E-state index >= 15 is 0 Å². The van der Waals surface area contributed by atoms with Crippen LogP contribution in [0.25, 0.3) is 10.8 Å². The van der Waals surface area contributed by atoms with Crippen LogP contribution in [0.1, 0.15) is 5.56 Å². The van der Waals surface area contributed by atoms with Crippen molar-refractivity contribution in [2.45, 2.75) is 6.61 Å². The maximum absolute atomic E-state index is 9.37. The Balaban J connectivity index is 1.87. The van der Waals surface area contributed by atoms with Crippen LogP contribution in [0.15, 0.2) is 66.7 Å². The topological polar surface area (TPSA) is 49.7 Å². The lowest BCUT2D eigenvalue weighted by atomic mass is 9.77. The first-order valence-corrected chi connectivity index (χ1v) is 6.80. The molecule has 0 aromatic heterocycles. The Kier molecular flexibility index (Phi) is 3.91. The van der Waals surface area contributed by atoms with Gasteiger partial charge in [0.25, 0.3) is 0 Å². The van der Waals surface area contributed by atoms with Gasteiger partial charge in [-0.05, 0) is 22.5 Å². The summed E-state index contributed by atoms with van der Waals surface area (Å²) in [6.07, 6.45) is 0. The van der Waals surface area contributed by atoms with E-state index in [9.17, 15) is 10.0 Å². The number of hydrogen-bond acceptors (Lipinski definition) is 3. The second-order valence-corrected chi connectivity index (χ2v) is 4.84. The normalized spacial score (nSPS) is 10.6. The molecule has 0 bridgehead atoms. The van der Waals surface area contributed by atoms with Crippen LogP contribution in [-0.4, -0.2) is 17.2 Å². The average molecular weight is 278 g/mol. The first kappa shape index (κ1) is 13.7. The van der Waals surface area contributed by atoms with Crippen molar-refractivity contribution >= 4 is 23.4 Å². The Morgan fingerprint density at radius 3 is 2.38 bits per heavy atom. The predicted molar refractivity (Wildman–Crippen MR) is 84.5 cm³/mol. The smallest absolute Gasteiger partial charge is 0.488 e. The van der Waals surface area contributed by atoms with E-state index in [0.29, 0.717) is 12.1 Å². The lowest BCUT2D eigenvalue weighted by Crippen LogP contribution is -2.33. The molecular weight excluding hydrogens is 263 g/mol. The van der Waals surface area contributed by atoms with Crippen LogP contribution in [0.5, 0.6) is 5.75 Å². The zero-order valence-corrected chi connectivity index (χ0v) is 11.4. The van der Waals surface area contributed by atoms with Crippen molar-refractivity contribution < 1.29 is 14.8 Å². The molecule has 3 aromatic rings. The van der Waals surface area contributed by atoms with Gasteiger partial charge in [-0.2, -0.15) is 0 Å². The van der Waals surface area contributed by atoms with E-state index in [1.54, 1.807) is 12.1 Å². The second-order valence-electron chi connectivity index (χ2n) is 4.84. The van der Waals surface area contributed by atoms with Crippen LogP contribution in [0.4, 0.5) is 0 Å². The molecule has 0 atom stereocenters. The van der Waals surface area contributed by atoms with E-state index in [2.05, 4.69) is 0 Å². The number of fused-ring (bicyclic) bond motifs is 1. The SMILES string of the molecule is OB(O)c1ccccc1COc1cccc2ccccc12. The monoisotopic (exact) mass is 278 g/mol. The Labute approximate surface area is 123 Å². The summed E-state index contributed by atoms with van der Waals surface area (Å²) in [5.41, 5.74) is 1.23. The third-order valence-electron chi connectivity index (χ3n) is 3.47. The molecule has 4 heteroatoms. The Morgan fingerprint density at radius 1 is 0.810 bits per heavy atom. The lowest BCUT2D eigenvalue weighted by molar-refractivity contribution is 0.310. The van der Waals surface area contributed by atoms with Gasteiger partial charge in [-0.15, -0.1) is 0 Å². The summed E-state index contributed by atoms with van der Waals surface area (Å²) in [7, 11) is -1.49. The van der Waals surface area contributed by atoms with E-state index in [4.69, 9.17) is 4.74 Å². The fourth-order valence-corrected chi connectivity index (χ4v) is 2.39. The maximum Gasteiger partial charge on any atom is 0.488 e. The molecule has 0 fully saturated rings. The van der Waals surface area contributed by atoms with E-state index in [1.165, 1.54) is 0 Å². The minimum atomic E-state index is -1.49. The van der Waals surface area contributed by atoms with Crippen molar-refractivity contribution in [2.75, 3.05) is 0 Å². The highest BCUT2D eigenvalue weighted by Crippen LogP contribution is 2.25. The molecule has 0 unspecified atom stereocenters. The van der Waals surface area contributed by atoms with Crippen LogP contribution >= 0.6 is 0 Å². The van der Waals surface area contributed by atoms with Crippen molar-refractivity contribution in [3.63, 3.8) is 0 Å². The molecule has 0 aliphatic carbocycles. The van der Waals surface area contributed by atoms with Gasteiger partial charge in [0.15, 0.2) is 0 Å². The Hall–Kier alpha value is -2.30. The van der Waals surface area contributed by atoms with Crippen molar-refractivity contribution in [3.8, 4) is 5.75 Å². The Bertz CT molecular complexity index is 750. The van der Waals surface area contributed by atoms with Gasteiger partial charge in [-0.25, -0.2) is 0 Å². The third kappa shape index (κ3) is 2.91. The predicted octanol–water partition coefficient (Wildman–Crippen LogP) is 2.10. The van der Waals surface area contributed by atoms with Gasteiger partial charge in [-0.1, -0.05) is 60.7 Å². The van der Waals surface area contributed by atoms with Crippen molar-refractivity contribution in [2.24, 2.45) is 0 Å². The molecule has 3 nitrogen and oxygen atoms in total. The molecule has 0 aliphatic heterocycles. The molecule has 0 heterocycles. The molecule has 2 N–H and O–H groups in total. The minimum absolute atomic E-state index is 0.293. The maximum atomic E-state index is 9.37. The molecule has 3 rings (SSSR count). The summed E-state index contributed by atoms with van der Waals surface area (Å²) in [5, 5.41) is 20.9. The summed E-state index contributed by atoms with van der Waals surface area (Å²) in [6.45, 7) is 0.293. The first-order chi connectivity index (χ1) is 10.3. The van der Waals surface area contributed by atoms with Gasteiger partial charge >= 0.3 is 7.12 Å². The zero-order chi connectivity index (χ0) is 14.7. The number of hydrogen-bond donors (Lipinski definition) is 2. The van der Waals surface area contributed by atoms with Crippen LogP contribution in [0.2, 0.25) is 0 Å². The first-order valence-electron chi connectivity index (χ1n) is 6.80. The van der Waals surface area contributed by atoms with Crippen LogP contribution in [0.3, 0.4) is 0 Å². The largest absolute Gasteiger partial charge is 0.488 e. The van der Waals surface area contributed by atoms with Gasteiger partial charge in [0.2, 0.25) is 0 Å². The molecule has 0 saturated carbocycles. The summed E-state index contributed by atoms with van der Waals surface area (Å²) < 4.78 is 5.87. The van der Waals surface area contributed by atoms with Crippen LogP contribution in [-0.2, 0) is 6.61 Å². The summed E-state index contributed by atoms with van der Waals surface area (Å²) in [5.74, 6) is 0.787. The fourth-order valence-electron chi connectivity index (χ4n) is 2.39. The molecular formula is C17H15BO3. The van der Waals surface area contributed by atoms with Gasteiger partial charge < -0.3 is 14.8 Å². The molecule has 104 valence electrons. The minimum Gasteiger partial charge on any atom is -0.488 e. The van der Waals surface area contributed by atoms with Crippen LogP contribution in [0, 0.1) is 0 Å². The van der Waals surface area contributed by atoms with Gasteiger partial charge in [-0.3, -0.25) is 0 Å². The van der Waals surface area contributed by atoms with Crippen molar-refractivity contribution in [1.29, 1.82) is 0 Å². The molecule has 0 spiro atoms. The summed E-state index contributed by atoms with van der Waals surface area (Å²) in [4.78, 5) is 0. The number of benzene rings is 3. The van der Waals surface area contributed by atoms with Crippen LogP contribution < -0.4 is 10.2 Å². The molecule has 0 aliphatic rings. The zero-order valence-electron chi connectivity index (χ0n) is 11.4. The molecule has 3 aromatic carbocycles. The summed E-state index contributed by atoms with van der Waals surface area (Å²) >= 11 is 0. The molecule has 0 radical (unpaired) electrons. The number of rotatable bonds is 4. The second kappa shape index (κ2) is 6.00. The highest BCUT2D eigenvalue weighted by atomic mass is 16.5. The molecule has 0 amide bonds. The molecule has 0 saturated heterocycles. The Morgan fingerprint density at radius 2 is 1.52 bits per heavy atom. The van der Waals surface area contributed by atoms with Gasteiger partial charge in [0, 0.05) is 5.39 Å². The van der Waals surface area contributed by atoms with Gasteiger partial charge in [0.1, 0.15) is 12.4 Å². The summed E-state index contributed by atoms with van der Waals surface area (Å²) in [6, 6.07) is 21.1. The van der Waals surface area contributed by atoms with E-state index in [1.807, 2.05) is 54.6 Å². The fraction of sp³-hybridized carbons (Fsp3) is 0.0588. The van der Waals surface area contributed by atoms with Crippen molar-refractivity contribution in [1.82, 2.24) is 0 Å². The van der Waals surface area contributed by atoms with Gasteiger partial charge in [0.05, 0.1) is 0 Å². The number of ether oxygens (including phenoxy) is 1. The lowest BCUT2D eigenvalue weighted by Gasteiger charge is -2.12. The van der Waals surface area contributed by atoms with Crippen molar-refractivity contribution in [3.05, 3.63) is 72.3 Å². The van der Waals surface area contributed by atoms with E-state index in [-0.39, 0.29) is 0 Å².